The molecule has 3 N–H and O–H groups in total. The van der Waals surface area contributed by atoms with Gasteiger partial charge in [-0.1, -0.05) is 0 Å². The summed E-state index contributed by atoms with van der Waals surface area (Å²) in [6, 6.07) is 0.333. The maximum atomic E-state index is 9.48. The molecule has 12 heavy (non-hydrogen) atoms. The second-order valence-corrected chi connectivity index (χ2v) is 4.35. The van der Waals surface area contributed by atoms with Crippen molar-refractivity contribution in [2.45, 2.75) is 56.4 Å². The van der Waals surface area contributed by atoms with Gasteiger partial charge in [0.05, 0.1) is 12.2 Å². The highest BCUT2D eigenvalue weighted by molar-refractivity contribution is 5.13. The van der Waals surface area contributed by atoms with Gasteiger partial charge in [-0.3, -0.25) is 0 Å². The summed E-state index contributed by atoms with van der Waals surface area (Å²) in [6.07, 6.45) is 3.07. The smallest absolute Gasteiger partial charge is 0.0741 e. The number of nitrogens with one attached hydrogen (secondary N) is 1. The molecule has 0 aromatic rings. The molecule has 70 valence electrons. The molecule has 2 aliphatic rings. The van der Waals surface area contributed by atoms with E-state index in [4.69, 9.17) is 0 Å². The molecule has 3 nitrogen and oxygen atoms in total. The minimum absolute atomic E-state index is 0.0309. The molecule has 3 heteroatoms. The van der Waals surface area contributed by atoms with Crippen LogP contribution in [0.2, 0.25) is 0 Å². The van der Waals surface area contributed by atoms with Gasteiger partial charge in [0.15, 0.2) is 0 Å². The predicted octanol–water partition coefficient (Wildman–Crippen LogP) is 0.0127. The van der Waals surface area contributed by atoms with Crippen molar-refractivity contribution in [2.75, 3.05) is 0 Å². The van der Waals surface area contributed by atoms with Crippen molar-refractivity contribution in [3.05, 3.63) is 0 Å². The van der Waals surface area contributed by atoms with E-state index in [0.717, 1.165) is 25.7 Å². The van der Waals surface area contributed by atoms with Crippen LogP contribution in [-0.4, -0.2) is 34.0 Å². The first-order valence-electron chi connectivity index (χ1n) is 4.76. The highest BCUT2D eigenvalue weighted by atomic mass is 16.3. The Morgan fingerprint density at radius 2 is 2.08 bits per heavy atom. The lowest BCUT2D eigenvalue weighted by molar-refractivity contribution is 0.151. The standard InChI is InChI=1S/C9H17NO2/c1-6-4-7(11)2-3-9(10-6)5-8(9)12/h6-8,10-12H,2-5H2,1H3. The van der Waals surface area contributed by atoms with Crippen molar-refractivity contribution in [2.24, 2.45) is 0 Å². The third-order valence-corrected chi connectivity index (χ3v) is 3.12. The van der Waals surface area contributed by atoms with Crippen LogP contribution >= 0.6 is 0 Å². The zero-order valence-electron chi connectivity index (χ0n) is 7.45. The van der Waals surface area contributed by atoms with Gasteiger partial charge in [-0.25, -0.2) is 0 Å². The quantitative estimate of drug-likeness (QED) is 0.481. The van der Waals surface area contributed by atoms with Crippen LogP contribution in [0.4, 0.5) is 0 Å². The molecule has 4 atom stereocenters. The second kappa shape index (κ2) is 2.69. The van der Waals surface area contributed by atoms with Crippen molar-refractivity contribution in [1.29, 1.82) is 0 Å². The highest BCUT2D eigenvalue weighted by Gasteiger charge is 2.54. The van der Waals surface area contributed by atoms with Gasteiger partial charge in [0, 0.05) is 11.6 Å². The zero-order chi connectivity index (χ0) is 8.77. The van der Waals surface area contributed by atoms with E-state index in [0.29, 0.717) is 6.04 Å². The van der Waals surface area contributed by atoms with Gasteiger partial charge in [-0.05, 0) is 32.6 Å². The molecule has 1 saturated carbocycles. The summed E-state index contributed by atoms with van der Waals surface area (Å²) in [5.41, 5.74) is -0.0309. The monoisotopic (exact) mass is 171 g/mol. The van der Waals surface area contributed by atoms with Gasteiger partial charge in [0.2, 0.25) is 0 Å². The highest BCUT2D eigenvalue weighted by Crippen LogP contribution is 2.42. The van der Waals surface area contributed by atoms with Gasteiger partial charge in [-0.2, -0.15) is 0 Å². The lowest BCUT2D eigenvalue weighted by Crippen LogP contribution is -2.39. The first-order chi connectivity index (χ1) is 5.62. The minimum Gasteiger partial charge on any atom is -0.393 e. The second-order valence-electron chi connectivity index (χ2n) is 4.35. The Bertz CT molecular complexity index is 185. The van der Waals surface area contributed by atoms with Crippen molar-refractivity contribution >= 4 is 0 Å². The third kappa shape index (κ3) is 1.37. The van der Waals surface area contributed by atoms with E-state index in [-0.39, 0.29) is 17.7 Å². The van der Waals surface area contributed by atoms with Crippen LogP contribution in [0.15, 0.2) is 0 Å². The molecule has 2 rings (SSSR count). The average Bonchev–Trinajstić information content (AvgIpc) is 2.60. The molecule has 1 heterocycles. The molecule has 0 radical (unpaired) electrons. The third-order valence-electron chi connectivity index (χ3n) is 3.12. The van der Waals surface area contributed by atoms with E-state index in [9.17, 15) is 10.2 Å². The van der Waals surface area contributed by atoms with E-state index in [1.807, 2.05) is 0 Å². The summed E-state index contributed by atoms with van der Waals surface area (Å²) in [7, 11) is 0. The Morgan fingerprint density at radius 3 is 2.67 bits per heavy atom. The van der Waals surface area contributed by atoms with Crippen LogP contribution in [-0.2, 0) is 0 Å². The molecule has 1 aliphatic carbocycles. The topological polar surface area (TPSA) is 52.5 Å². The molecular formula is C9H17NO2. The van der Waals surface area contributed by atoms with Crippen molar-refractivity contribution < 1.29 is 10.2 Å². The summed E-state index contributed by atoms with van der Waals surface area (Å²) in [5.74, 6) is 0. The maximum absolute atomic E-state index is 9.48. The van der Waals surface area contributed by atoms with E-state index in [1.54, 1.807) is 0 Å². The van der Waals surface area contributed by atoms with E-state index >= 15 is 0 Å². The molecule has 0 amide bonds. The number of hydrogen-bond donors (Lipinski definition) is 3. The largest absolute Gasteiger partial charge is 0.393 e. The molecular weight excluding hydrogens is 154 g/mol. The van der Waals surface area contributed by atoms with E-state index in [2.05, 4.69) is 12.2 Å². The summed E-state index contributed by atoms with van der Waals surface area (Å²) in [4.78, 5) is 0. The molecule has 1 aliphatic heterocycles. The van der Waals surface area contributed by atoms with Crippen LogP contribution in [0, 0.1) is 0 Å². The molecule has 4 unspecified atom stereocenters. The lowest BCUT2D eigenvalue weighted by Gasteiger charge is -2.18. The number of aliphatic hydroxyl groups excluding tert-OH is 2. The van der Waals surface area contributed by atoms with Crippen LogP contribution in [0.25, 0.3) is 0 Å². The van der Waals surface area contributed by atoms with E-state index in [1.165, 1.54) is 0 Å². The average molecular weight is 171 g/mol. The maximum Gasteiger partial charge on any atom is 0.0741 e. The van der Waals surface area contributed by atoms with E-state index < -0.39 is 0 Å². The lowest BCUT2D eigenvalue weighted by atomic mass is 10.1. The van der Waals surface area contributed by atoms with Gasteiger partial charge >= 0.3 is 0 Å². The molecule has 0 aromatic heterocycles. The summed E-state index contributed by atoms with van der Waals surface area (Å²) in [5, 5.41) is 22.3. The van der Waals surface area contributed by atoms with Gasteiger partial charge in [0.25, 0.3) is 0 Å². The number of rotatable bonds is 0. The van der Waals surface area contributed by atoms with Crippen molar-refractivity contribution in [3.63, 3.8) is 0 Å². The summed E-state index contributed by atoms with van der Waals surface area (Å²) < 4.78 is 0. The molecule has 0 aromatic carbocycles. The Morgan fingerprint density at radius 1 is 1.42 bits per heavy atom. The number of hydrogen-bond acceptors (Lipinski definition) is 3. The molecule has 1 saturated heterocycles. The van der Waals surface area contributed by atoms with Crippen molar-refractivity contribution in [1.82, 2.24) is 5.32 Å². The Hall–Kier alpha value is -0.120. The predicted molar refractivity (Wildman–Crippen MR) is 45.8 cm³/mol. The van der Waals surface area contributed by atoms with Crippen molar-refractivity contribution in [3.8, 4) is 0 Å². The summed E-state index contributed by atoms with van der Waals surface area (Å²) >= 11 is 0. The molecule has 1 spiro atoms. The van der Waals surface area contributed by atoms with Crippen LogP contribution in [0.1, 0.15) is 32.6 Å². The van der Waals surface area contributed by atoms with Crippen LogP contribution in [0.5, 0.6) is 0 Å². The van der Waals surface area contributed by atoms with Gasteiger partial charge in [-0.15, -0.1) is 0 Å². The van der Waals surface area contributed by atoms with Gasteiger partial charge < -0.3 is 15.5 Å². The normalized spacial score (nSPS) is 53.8. The molecule has 0 bridgehead atoms. The Balaban J connectivity index is 2.01. The van der Waals surface area contributed by atoms with Crippen LogP contribution < -0.4 is 5.32 Å². The Kier molecular flexibility index (Phi) is 1.90. The number of aliphatic hydroxyl groups is 2. The fourth-order valence-electron chi connectivity index (χ4n) is 2.28. The fraction of sp³-hybridized carbons (Fsp3) is 1.00. The minimum atomic E-state index is -0.181. The van der Waals surface area contributed by atoms with Crippen LogP contribution in [0.3, 0.4) is 0 Å². The fourth-order valence-corrected chi connectivity index (χ4v) is 2.28. The molecule has 2 fully saturated rings. The first kappa shape index (κ1) is 8.48. The zero-order valence-corrected chi connectivity index (χ0v) is 7.45. The SMILES string of the molecule is CC1CC(O)CCC2(CC2O)N1. The summed E-state index contributed by atoms with van der Waals surface area (Å²) in [6.45, 7) is 2.07. The Labute approximate surface area is 72.8 Å². The van der Waals surface area contributed by atoms with Gasteiger partial charge in [0.1, 0.15) is 0 Å². The first-order valence-corrected chi connectivity index (χ1v) is 4.76.